The number of ether oxygens (including phenoxy) is 2. The number of nitrogens with zero attached hydrogens (tertiary/aromatic N) is 1. The van der Waals surface area contributed by atoms with Gasteiger partial charge in [-0.1, -0.05) is 6.07 Å². The van der Waals surface area contributed by atoms with Crippen LogP contribution in [0.15, 0.2) is 42.7 Å². The Morgan fingerprint density at radius 3 is 2.96 bits per heavy atom. The minimum absolute atomic E-state index is 0.0209. The maximum Gasteiger partial charge on any atom is 0.224 e. The van der Waals surface area contributed by atoms with Crippen molar-refractivity contribution in [3.05, 3.63) is 53.9 Å². The second-order valence-corrected chi connectivity index (χ2v) is 6.63. The van der Waals surface area contributed by atoms with Gasteiger partial charge in [-0.25, -0.2) is 0 Å². The molecule has 126 valence electrons. The van der Waals surface area contributed by atoms with Crippen LogP contribution < -0.4 is 14.8 Å². The molecule has 1 N–H and O–H groups in total. The second kappa shape index (κ2) is 6.51. The first-order valence-electron chi connectivity index (χ1n) is 8.02. The van der Waals surface area contributed by atoms with Crippen molar-refractivity contribution in [2.75, 3.05) is 7.11 Å². The van der Waals surface area contributed by atoms with Gasteiger partial charge in [-0.15, -0.1) is 0 Å². The number of carbonyl (C=O) groups excluding carboxylic acids is 1. The minimum Gasteiger partial charge on any atom is -0.497 e. The molecule has 1 aromatic carbocycles. The van der Waals surface area contributed by atoms with E-state index in [1.807, 2.05) is 44.2 Å². The number of amides is 1. The fourth-order valence-electron chi connectivity index (χ4n) is 3.02. The molecule has 3 rings (SSSR count). The molecule has 5 nitrogen and oxygen atoms in total. The van der Waals surface area contributed by atoms with Crippen molar-refractivity contribution in [3.63, 3.8) is 0 Å². The first kappa shape index (κ1) is 16.3. The normalized spacial score (nSPS) is 18.2. The summed E-state index contributed by atoms with van der Waals surface area (Å²) in [4.78, 5) is 16.5. The SMILES string of the molecule is COc1ccc2c(c1)OC(C)(C)CC2NC(=O)Cc1cccnc1. The summed E-state index contributed by atoms with van der Waals surface area (Å²) in [7, 11) is 1.63. The lowest BCUT2D eigenvalue weighted by atomic mass is 9.89. The van der Waals surface area contributed by atoms with Gasteiger partial charge in [0.05, 0.1) is 19.6 Å². The number of pyridine rings is 1. The lowest BCUT2D eigenvalue weighted by Gasteiger charge is -2.38. The Kier molecular flexibility index (Phi) is 4.42. The summed E-state index contributed by atoms with van der Waals surface area (Å²) >= 11 is 0. The van der Waals surface area contributed by atoms with Crippen LogP contribution in [0.4, 0.5) is 0 Å². The molecule has 2 aromatic rings. The molecule has 24 heavy (non-hydrogen) atoms. The fraction of sp³-hybridized carbons (Fsp3) is 0.368. The zero-order valence-electron chi connectivity index (χ0n) is 14.2. The van der Waals surface area contributed by atoms with Crippen LogP contribution in [0.1, 0.15) is 37.4 Å². The molecule has 1 aliphatic heterocycles. The van der Waals surface area contributed by atoms with Crippen LogP contribution in [0.25, 0.3) is 0 Å². The van der Waals surface area contributed by atoms with Crippen LogP contribution >= 0.6 is 0 Å². The monoisotopic (exact) mass is 326 g/mol. The highest BCUT2D eigenvalue weighted by molar-refractivity contribution is 5.79. The van der Waals surface area contributed by atoms with Crippen molar-refractivity contribution in [2.45, 2.75) is 38.3 Å². The molecule has 0 fully saturated rings. The maximum absolute atomic E-state index is 12.4. The van der Waals surface area contributed by atoms with Crippen LogP contribution in [0.5, 0.6) is 11.5 Å². The average molecular weight is 326 g/mol. The summed E-state index contributed by atoms with van der Waals surface area (Å²) in [5.41, 5.74) is 1.52. The van der Waals surface area contributed by atoms with E-state index in [0.29, 0.717) is 12.8 Å². The van der Waals surface area contributed by atoms with Gasteiger partial charge >= 0.3 is 0 Å². The molecule has 2 heterocycles. The van der Waals surface area contributed by atoms with Crippen molar-refractivity contribution in [1.82, 2.24) is 10.3 Å². The Labute approximate surface area is 142 Å². The maximum atomic E-state index is 12.4. The third-order valence-electron chi connectivity index (χ3n) is 4.10. The topological polar surface area (TPSA) is 60.5 Å². The number of hydrogen-bond donors (Lipinski definition) is 1. The number of nitrogens with one attached hydrogen (secondary N) is 1. The minimum atomic E-state index is -0.356. The van der Waals surface area contributed by atoms with E-state index in [2.05, 4.69) is 10.3 Å². The number of rotatable bonds is 4. The van der Waals surface area contributed by atoms with Crippen molar-refractivity contribution in [3.8, 4) is 11.5 Å². The molecule has 1 amide bonds. The van der Waals surface area contributed by atoms with E-state index in [0.717, 1.165) is 22.6 Å². The largest absolute Gasteiger partial charge is 0.497 e. The zero-order valence-corrected chi connectivity index (χ0v) is 14.2. The van der Waals surface area contributed by atoms with Crippen LogP contribution in [0.3, 0.4) is 0 Å². The van der Waals surface area contributed by atoms with Gasteiger partial charge in [-0.05, 0) is 37.6 Å². The number of fused-ring (bicyclic) bond motifs is 1. The Bertz CT molecular complexity index is 729. The highest BCUT2D eigenvalue weighted by atomic mass is 16.5. The van der Waals surface area contributed by atoms with E-state index in [4.69, 9.17) is 9.47 Å². The molecule has 1 unspecified atom stereocenters. The average Bonchev–Trinajstić information content (AvgIpc) is 2.54. The van der Waals surface area contributed by atoms with Crippen molar-refractivity contribution in [1.29, 1.82) is 0 Å². The number of carbonyl (C=O) groups is 1. The Morgan fingerprint density at radius 2 is 2.25 bits per heavy atom. The molecule has 1 atom stereocenters. The van der Waals surface area contributed by atoms with Crippen LogP contribution in [-0.2, 0) is 11.2 Å². The summed E-state index contributed by atoms with van der Waals surface area (Å²) < 4.78 is 11.3. The Morgan fingerprint density at radius 1 is 1.42 bits per heavy atom. The predicted molar refractivity (Wildman–Crippen MR) is 91.1 cm³/mol. The smallest absolute Gasteiger partial charge is 0.224 e. The van der Waals surface area contributed by atoms with E-state index < -0.39 is 0 Å². The van der Waals surface area contributed by atoms with Gasteiger partial charge in [0.1, 0.15) is 17.1 Å². The summed E-state index contributed by atoms with van der Waals surface area (Å²) in [6.45, 7) is 4.05. The highest BCUT2D eigenvalue weighted by Gasteiger charge is 2.34. The first-order valence-corrected chi connectivity index (χ1v) is 8.02. The third kappa shape index (κ3) is 3.67. The van der Waals surface area contributed by atoms with Gasteiger partial charge in [-0.2, -0.15) is 0 Å². The fourth-order valence-corrected chi connectivity index (χ4v) is 3.02. The molecular formula is C19H22N2O3. The van der Waals surface area contributed by atoms with Gasteiger partial charge in [0.15, 0.2) is 0 Å². The van der Waals surface area contributed by atoms with Crippen LogP contribution in [0.2, 0.25) is 0 Å². The highest BCUT2D eigenvalue weighted by Crippen LogP contribution is 2.41. The molecule has 1 aliphatic rings. The molecular weight excluding hydrogens is 304 g/mol. The van der Waals surface area contributed by atoms with Gasteiger partial charge in [-0.3, -0.25) is 9.78 Å². The van der Waals surface area contributed by atoms with Gasteiger partial charge in [0.2, 0.25) is 5.91 Å². The number of methoxy groups -OCH3 is 1. The summed E-state index contributed by atoms with van der Waals surface area (Å²) in [5.74, 6) is 1.48. The number of hydrogen-bond acceptors (Lipinski definition) is 4. The first-order chi connectivity index (χ1) is 11.5. The van der Waals surface area contributed by atoms with Gasteiger partial charge in [0, 0.05) is 30.4 Å². The summed E-state index contributed by atoms with van der Waals surface area (Å²) in [5, 5.41) is 3.13. The quantitative estimate of drug-likeness (QED) is 0.938. The molecule has 0 saturated heterocycles. The molecule has 1 aromatic heterocycles. The molecule has 0 bridgehead atoms. The van der Waals surface area contributed by atoms with Crippen molar-refractivity contribution >= 4 is 5.91 Å². The van der Waals surface area contributed by atoms with Gasteiger partial charge in [0.25, 0.3) is 0 Å². The molecule has 0 radical (unpaired) electrons. The molecule has 0 aliphatic carbocycles. The molecule has 0 saturated carbocycles. The van der Waals surface area contributed by atoms with E-state index in [-0.39, 0.29) is 17.6 Å². The van der Waals surface area contributed by atoms with E-state index in [1.165, 1.54) is 0 Å². The predicted octanol–water partition coefficient (Wildman–Crippen LogP) is 3.05. The standard InChI is InChI=1S/C19H22N2O3/c1-19(2)11-16(15-7-6-14(23-3)10-17(15)24-19)21-18(22)9-13-5-4-8-20-12-13/h4-8,10,12,16H,9,11H2,1-3H3,(H,21,22). The van der Waals surface area contributed by atoms with Crippen molar-refractivity contribution in [2.24, 2.45) is 0 Å². The zero-order chi connectivity index (χ0) is 17.2. The summed E-state index contributed by atoms with van der Waals surface area (Å²) in [6, 6.07) is 9.37. The van der Waals surface area contributed by atoms with Crippen molar-refractivity contribution < 1.29 is 14.3 Å². The van der Waals surface area contributed by atoms with E-state index in [1.54, 1.807) is 19.5 Å². The Balaban J connectivity index is 1.79. The van der Waals surface area contributed by atoms with E-state index >= 15 is 0 Å². The number of benzene rings is 1. The van der Waals surface area contributed by atoms with Gasteiger partial charge < -0.3 is 14.8 Å². The lowest BCUT2D eigenvalue weighted by Crippen LogP contribution is -2.41. The third-order valence-corrected chi connectivity index (χ3v) is 4.10. The molecule has 0 spiro atoms. The Hall–Kier alpha value is -2.56. The molecule has 5 heteroatoms. The summed E-state index contributed by atoms with van der Waals surface area (Å²) in [6.07, 6.45) is 4.45. The van der Waals surface area contributed by atoms with Crippen LogP contribution in [-0.4, -0.2) is 23.6 Å². The van der Waals surface area contributed by atoms with E-state index in [9.17, 15) is 4.79 Å². The lowest BCUT2D eigenvalue weighted by molar-refractivity contribution is -0.121. The number of aromatic nitrogens is 1. The van der Waals surface area contributed by atoms with Crippen LogP contribution in [0, 0.1) is 0 Å². The second-order valence-electron chi connectivity index (χ2n) is 6.63.